The third kappa shape index (κ3) is 2.90. The average molecular weight is 264 g/mol. The highest BCUT2D eigenvalue weighted by molar-refractivity contribution is 5.85. The minimum absolute atomic E-state index is 0.0220. The monoisotopic (exact) mass is 264 g/mol. The van der Waals surface area contributed by atoms with Crippen molar-refractivity contribution in [1.82, 2.24) is 9.78 Å². The Hall–Kier alpha value is -2.37. The van der Waals surface area contributed by atoms with Crippen LogP contribution in [0.25, 0.3) is 0 Å². The van der Waals surface area contributed by atoms with E-state index in [4.69, 9.17) is 9.84 Å². The number of nitrogens with zero attached hydrogens (tertiary/aromatic N) is 2. The summed E-state index contributed by atoms with van der Waals surface area (Å²) in [5, 5.41) is 13.1. The Labute approximate surface area is 109 Å². The van der Waals surface area contributed by atoms with Gasteiger partial charge in [-0.05, 0) is 25.1 Å². The molecule has 0 atom stereocenters. The van der Waals surface area contributed by atoms with Crippen molar-refractivity contribution >= 4 is 5.97 Å². The number of aromatic carboxylic acids is 1. The minimum atomic E-state index is -1.05. The van der Waals surface area contributed by atoms with Gasteiger partial charge in [-0.1, -0.05) is 12.1 Å². The van der Waals surface area contributed by atoms with Crippen LogP contribution in [0.1, 0.15) is 23.1 Å². The summed E-state index contributed by atoms with van der Waals surface area (Å²) < 4.78 is 20.0. The number of aryl methyl sites for hydroxylation is 1. The molecular formula is C13H13FN2O3. The van der Waals surface area contributed by atoms with E-state index in [2.05, 4.69) is 5.10 Å². The predicted molar refractivity (Wildman–Crippen MR) is 65.6 cm³/mol. The molecule has 0 fully saturated rings. The lowest BCUT2D eigenvalue weighted by atomic mass is 10.3. The quantitative estimate of drug-likeness (QED) is 0.900. The van der Waals surface area contributed by atoms with Crippen LogP contribution >= 0.6 is 0 Å². The van der Waals surface area contributed by atoms with E-state index in [1.54, 1.807) is 19.1 Å². The van der Waals surface area contributed by atoms with Gasteiger partial charge in [0.2, 0.25) is 0 Å². The lowest BCUT2D eigenvalue weighted by molar-refractivity contribution is 0.0683. The van der Waals surface area contributed by atoms with Crippen LogP contribution in [0.5, 0.6) is 5.75 Å². The maximum absolute atomic E-state index is 13.3. The lowest BCUT2D eigenvalue weighted by Gasteiger charge is -2.04. The van der Waals surface area contributed by atoms with Gasteiger partial charge in [0, 0.05) is 6.54 Å². The summed E-state index contributed by atoms with van der Waals surface area (Å²) in [4.78, 5) is 11.0. The minimum Gasteiger partial charge on any atom is -0.484 e. The smallest absolute Gasteiger partial charge is 0.354 e. The van der Waals surface area contributed by atoms with E-state index in [1.807, 2.05) is 0 Å². The molecule has 19 heavy (non-hydrogen) atoms. The van der Waals surface area contributed by atoms with Crippen molar-refractivity contribution in [1.29, 1.82) is 0 Å². The highest BCUT2D eigenvalue weighted by atomic mass is 19.1. The molecule has 0 bridgehead atoms. The van der Waals surface area contributed by atoms with Crippen molar-refractivity contribution in [3.05, 3.63) is 47.5 Å². The first-order valence-corrected chi connectivity index (χ1v) is 5.79. The molecule has 0 aliphatic carbocycles. The zero-order chi connectivity index (χ0) is 13.8. The van der Waals surface area contributed by atoms with Crippen LogP contribution in [0.4, 0.5) is 4.39 Å². The molecule has 0 saturated heterocycles. The molecule has 100 valence electrons. The van der Waals surface area contributed by atoms with Crippen molar-refractivity contribution in [2.45, 2.75) is 20.1 Å². The summed E-state index contributed by atoms with van der Waals surface area (Å²) in [7, 11) is 0. The number of rotatable bonds is 5. The van der Waals surface area contributed by atoms with Gasteiger partial charge >= 0.3 is 5.97 Å². The molecule has 0 radical (unpaired) electrons. The van der Waals surface area contributed by atoms with Crippen LogP contribution in [0.2, 0.25) is 0 Å². The van der Waals surface area contributed by atoms with Crippen LogP contribution in [-0.2, 0) is 13.2 Å². The van der Waals surface area contributed by atoms with Gasteiger partial charge < -0.3 is 9.84 Å². The molecular weight excluding hydrogens is 251 g/mol. The van der Waals surface area contributed by atoms with Gasteiger partial charge in [-0.2, -0.15) is 5.10 Å². The lowest BCUT2D eigenvalue weighted by Crippen LogP contribution is -2.08. The summed E-state index contributed by atoms with van der Waals surface area (Å²) >= 11 is 0. The van der Waals surface area contributed by atoms with E-state index < -0.39 is 11.8 Å². The molecule has 2 aromatic rings. The van der Waals surface area contributed by atoms with Crippen molar-refractivity contribution in [3.8, 4) is 5.75 Å². The van der Waals surface area contributed by atoms with E-state index in [1.165, 1.54) is 22.9 Å². The molecule has 0 saturated carbocycles. The number of hydrogen-bond donors (Lipinski definition) is 1. The second-order valence-electron chi connectivity index (χ2n) is 3.86. The molecule has 0 amide bonds. The number of carbonyl (C=O) groups is 1. The van der Waals surface area contributed by atoms with Gasteiger partial charge in [-0.3, -0.25) is 4.68 Å². The molecule has 1 heterocycles. The Balaban J connectivity index is 2.12. The Morgan fingerprint density at radius 1 is 1.47 bits per heavy atom. The van der Waals surface area contributed by atoms with E-state index in [0.29, 0.717) is 12.2 Å². The second-order valence-corrected chi connectivity index (χ2v) is 3.86. The number of benzene rings is 1. The SMILES string of the molecule is CCn1nc(COc2ccccc2F)cc1C(=O)O. The third-order valence-corrected chi connectivity index (χ3v) is 2.56. The predicted octanol–water partition coefficient (Wildman–Crippen LogP) is 2.32. The third-order valence-electron chi connectivity index (χ3n) is 2.56. The van der Waals surface area contributed by atoms with Crippen molar-refractivity contribution in [2.24, 2.45) is 0 Å². The Morgan fingerprint density at radius 2 is 2.21 bits per heavy atom. The van der Waals surface area contributed by atoms with E-state index in [9.17, 15) is 9.18 Å². The molecule has 0 spiro atoms. The number of halogens is 1. The fourth-order valence-corrected chi connectivity index (χ4v) is 1.67. The summed E-state index contributed by atoms with van der Waals surface area (Å²) in [6, 6.07) is 7.45. The summed E-state index contributed by atoms with van der Waals surface area (Å²) in [6.07, 6.45) is 0. The Kier molecular flexibility index (Phi) is 3.79. The highest BCUT2D eigenvalue weighted by Gasteiger charge is 2.13. The molecule has 5 nitrogen and oxygen atoms in total. The van der Waals surface area contributed by atoms with Crippen molar-refractivity contribution < 1.29 is 19.0 Å². The van der Waals surface area contributed by atoms with Gasteiger partial charge in [0.25, 0.3) is 0 Å². The molecule has 1 aromatic heterocycles. The van der Waals surface area contributed by atoms with Crippen LogP contribution in [0, 0.1) is 5.82 Å². The highest BCUT2D eigenvalue weighted by Crippen LogP contribution is 2.17. The van der Waals surface area contributed by atoms with E-state index in [-0.39, 0.29) is 18.1 Å². The van der Waals surface area contributed by atoms with Gasteiger partial charge in [0.05, 0.1) is 0 Å². The fourth-order valence-electron chi connectivity index (χ4n) is 1.67. The molecule has 0 aliphatic heterocycles. The Morgan fingerprint density at radius 3 is 2.79 bits per heavy atom. The number of carboxylic acids is 1. The van der Waals surface area contributed by atoms with Crippen LogP contribution in [0.15, 0.2) is 30.3 Å². The fraction of sp³-hybridized carbons (Fsp3) is 0.231. The molecule has 1 aromatic carbocycles. The van der Waals surface area contributed by atoms with Crippen molar-refractivity contribution in [2.75, 3.05) is 0 Å². The number of para-hydroxylation sites is 1. The maximum Gasteiger partial charge on any atom is 0.354 e. The van der Waals surface area contributed by atoms with Gasteiger partial charge in [-0.25, -0.2) is 9.18 Å². The molecule has 6 heteroatoms. The summed E-state index contributed by atoms with van der Waals surface area (Å²) in [5.41, 5.74) is 0.539. The molecule has 1 N–H and O–H groups in total. The average Bonchev–Trinajstić information content (AvgIpc) is 2.81. The standard InChI is InChI=1S/C13H13FN2O3/c1-2-16-11(13(17)18)7-9(15-16)8-19-12-6-4-3-5-10(12)14/h3-7H,2,8H2,1H3,(H,17,18). The molecule has 2 rings (SSSR count). The van der Waals surface area contributed by atoms with Crippen LogP contribution in [-0.4, -0.2) is 20.9 Å². The zero-order valence-electron chi connectivity index (χ0n) is 10.3. The molecule has 0 unspecified atom stereocenters. The maximum atomic E-state index is 13.3. The van der Waals surface area contributed by atoms with E-state index >= 15 is 0 Å². The first kappa shape index (κ1) is 13.1. The summed E-state index contributed by atoms with van der Waals surface area (Å²) in [6.45, 7) is 2.26. The zero-order valence-corrected chi connectivity index (χ0v) is 10.3. The number of aromatic nitrogens is 2. The van der Waals surface area contributed by atoms with Crippen LogP contribution < -0.4 is 4.74 Å². The number of ether oxygens (including phenoxy) is 1. The van der Waals surface area contributed by atoms with Gasteiger partial charge in [0.1, 0.15) is 18.0 Å². The Bertz CT molecular complexity index is 595. The first-order valence-electron chi connectivity index (χ1n) is 5.79. The molecule has 0 aliphatic rings. The van der Waals surface area contributed by atoms with Crippen LogP contribution in [0.3, 0.4) is 0 Å². The second kappa shape index (κ2) is 5.51. The van der Waals surface area contributed by atoms with Gasteiger partial charge in [-0.15, -0.1) is 0 Å². The topological polar surface area (TPSA) is 64.4 Å². The van der Waals surface area contributed by atoms with Gasteiger partial charge in [0.15, 0.2) is 11.6 Å². The number of carboxylic acid groups (broad SMARTS) is 1. The largest absolute Gasteiger partial charge is 0.484 e. The normalized spacial score (nSPS) is 10.4. The van der Waals surface area contributed by atoms with Crippen molar-refractivity contribution in [3.63, 3.8) is 0 Å². The number of hydrogen-bond acceptors (Lipinski definition) is 3. The first-order chi connectivity index (χ1) is 9.11. The van der Waals surface area contributed by atoms with E-state index in [0.717, 1.165) is 0 Å². The summed E-state index contributed by atoms with van der Waals surface area (Å²) in [5.74, 6) is -1.40.